The monoisotopic (exact) mass is 380 g/mol. The first-order valence-corrected chi connectivity index (χ1v) is 10.2. The van der Waals surface area contributed by atoms with E-state index < -0.39 is 17.8 Å². The first-order valence-electron chi connectivity index (χ1n) is 10.2. The molecule has 152 valence electrons. The summed E-state index contributed by atoms with van der Waals surface area (Å²) in [6.45, 7) is 4.84. The third kappa shape index (κ3) is 9.55. The Morgan fingerprint density at radius 3 is 1.74 bits per heavy atom. The molecule has 0 saturated carbocycles. The van der Waals surface area contributed by atoms with Crippen LogP contribution in [-0.2, 0) is 9.47 Å². The molecule has 0 fully saturated rings. The fraction of sp³-hybridized carbons (Fsp3) is 0.636. The minimum absolute atomic E-state index is 0.0564. The summed E-state index contributed by atoms with van der Waals surface area (Å²) < 4.78 is 24.0. The quantitative estimate of drug-likeness (QED) is 0.290. The number of halogens is 1. The Morgan fingerprint density at radius 2 is 1.22 bits per heavy atom. The van der Waals surface area contributed by atoms with Gasteiger partial charge in [-0.05, 0) is 31.0 Å². The van der Waals surface area contributed by atoms with Gasteiger partial charge in [-0.1, -0.05) is 65.2 Å². The zero-order chi connectivity index (χ0) is 19.9. The highest BCUT2D eigenvalue weighted by Crippen LogP contribution is 2.15. The average molecular weight is 381 g/mol. The SMILES string of the molecule is CCCCCCCOC(=O)c1ccc(F)cc1C(=O)OCCCCCCC. The largest absolute Gasteiger partial charge is 0.462 e. The minimum Gasteiger partial charge on any atom is -0.462 e. The van der Waals surface area contributed by atoms with Crippen molar-refractivity contribution in [2.45, 2.75) is 78.1 Å². The Kier molecular flexibility index (Phi) is 12.2. The summed E-state index contributed by atoms with van der Waals surface area (Å²) in [7, 11) is 0. The lowest BCUT2D eigenvalue weighted by atomic mass is 10.1. The number of hydrogen-bond acceptors (Lipinski definition) is 4. The van der Waals surface area contributed by atoms with Crippen LogP contribution < -0.4 is 0 Å². The maximum absolute atomic E-state index is 13.6. The van der Waals surface area contributed by atoms with Crippen molar-refractivity contribution in [2.24, 2.45) is 0 Å². The van der Waals surface area contributed by atoms with Gasteiger partial charge in [0.05, 0.1) is 24.3 Å². The van der Waals surface area contributed by atoms with Gasteiger partial charge < -0.3 is 9.47 Å². The van der Waals surface area contributed by atoms with Crippen LogP contribution in [0, 0.1) is 5.82 Å². The summed E-state index contributed by atoms with van der Waals surface area (Å²) in [5, 5.41) is 0. The maximum Gasteiger partial charge on any atom is 0.339 e. The molecule has 0 aromatic heterocycles. The molecule has 0 unspecified atom stereocenters. The summed E-state index contributed by atoms with van der Waals surface area (Å²) in [5.74, 6) is -1.87. The predicted molar refractivity (Wildman–Crippen MR) is 104 cm³/mol. The van der Waals surface area contributed by atoms with Gasteiger partial charge in [0, 0.05) is 0 Å². The highest BCUT2D eigenvalue weighted by molar-refractivity contribution is 6.03. The van der Waals surface area contributed by atoms with E-state index in [1.807, 2.05) is 0 Å². The van der Waals surface area contributed by atoms with E-state index >= 15 is 0 Å². The summed E-state index contributed by atoms with van der Waals surface area (Å²) in [6.07, 6.45) is 10.4. The van der Waals surface area contributed by atoms with E-state index in [9.17, 15) is 14.0 Å². The molecule has 0 bridgehead atoms. The van der Waals surface area contributed by atoms with E-state index in [2.05, 4.69) is 13.8 Å². The second-order valence-corrected chi connectivity index (χ2v) is 6.79. The first-order chi connectivity index (χ1) is 13.1. The van der Waals surface area contributed by atoms with E-state index in [4.69, 9.17) is 9.47 Å². The molecule has 1 aromatic rings. The molecule has 4 nitrogen and oxygen atoms in total. The fourth-order valence-corrected chi connectivity index (χ4v) is 2.76. The van der Waals surface area contributed by atoms with E-state index in [0.29, 0.717) is 6.61 Å². The number of benzene rings is 1. The number of carbonyl (C=O) groups excluding carboxylic acids is 2. The molecule has 0 aliphatic rings. The van der Waals surface area contributed by atoms with Crippen LogP contribution in [0.15, 0.2) is 18.2 Å². The molecule has 1 rings (SSSR count). The normalized spacial score (nSPS) is 10.6. The molecular weight excluding hydrogens is 347 g/mol. The molecule has 0 aliphatic heterocycles. The Bertz CT molecular complexity index is 571. The molecule has 0 aliphatic carbocycles. The number of hydrogen-bond donors (Lipinski definition) is 0. The van der Waals surface area contributed by atoms with Gasteiger partial charge in [-0.3, -0.25) is 0 Å². The van der Waals surface area contributed by atoms with Crippen molar-refractivity contribution in [1.82, 2.24) is 0 Å². The van der Waals surface area contributed by atoms with E-state index in [1.165, 1.54) is 12.5 Å². The van der Waals surface area contributed by atoms with Gasteiger partial charge in [0.1, 0.15) is 5.82 Å². The maximum atomic E-state index is 13.6. The Hall–Kier alpha value is -1.91. The van der Waals surface area contributed by atoms with E-state index in [1.54, 1.807) is 0 Å². The van der Waals surface area contributed by atoms with Crippen molar-refractivity contribution in [3.63, 3.8) is 0 Å². The lowest BCUT2D eigenvalue weighted by Crippen LogP contribution is -2.15. The molecule has 27 heavy (non-hydrogen) atoms. The number of unbranched alkanes of at least 4 members (excludes halogenated alkanes) is 8. The number of carbonyl (C=O) groups is 2. The molecule has 5 heteroatoms. The second kappa shape index (κ2) is 14.2. The van der Waals surface area contributed by atoms with Crippen LogP contribution in [0.5, 0.6) is 0 Å². The molecule has 0 saturated heterocycles. The van der Waals surface area contributed by atoms with Crippen molar-refractivity contribution < 1.29 is 23.5 Å². The van der Waals surface area contributed by atoms with Crippen molar-refractivity contribution in [3.05, 3.63) is 35.1 Å². The highest BCUT2D eigenvalue weighted by Gasteiger charge is 2.20. The van der Waals surface area contributed by atoms with Gasteiger partial charge in [-0.15, -0.1) is 0 Å². The predicted octanol–water partition coefficient (Wildman–Crippen LogP) is 6.08. The first kappa shape index (κ1) is 23.1. The van der Waals surface area contributed by atoms with Crippen molar-refractivity contribution in [3.8, 4) is 0 Å². The van der Waals surface area contributed by atoms with Crippen LogP contribution in [0.2, 0.25) is 0 Å². The van der Waals surface area contributed by atoms with Crippen LogP contribution >= 0.6 is 0 Å². The molecule has 0 spiro atoms. The Balaban J connectivity index is 2.52. The standard InChI is InChI=1S/C22H33FO4/c1-3-5-7-9-11-15-26-21(24)19-14-13-18(23)17-20(19)22(25)27-16-12-10-8-6-4-2/h13-14,17H,3-12,15-16H2,1-2H3. The highest BCUT2D eigenvalue weighted by atomic mass is 19.1. The van der Waals surface area contributed by atoms with Gasteiger partial charge in [0.15, 0.2) is 0 Å². The summed E-state index contributed by atoms with van der Waals surface area (Å²) in [6, 6.07) is 3.48. The van der Waals surface area contributed by atoms with Crippen LogP contribution in [0.4, 0.5) is 4.39 Å². The number of esters is 2. The molecule has 0 heterocycles. The van der Waals surface area contributed by atoms with Crippen LogP contribution in [0.25, 0.3) is 0 Å². The number of ether oxygens (including phenoxy) is 2. The topological polar surface area (TPSA) is 52.6 Å². The van der Waals surface area contributed by atoms with Gasteiger partial charge in [0.2, 0.25) is 0 Å². The lowest BCUT2D eigenvalue weighted by molar-refractivity contribution is 0.0450. The van der Waals surface area contributed by atoms with Gasteiger partial charge in [0.25, 0.3) is 0 Å². The Labute approximate surface area is 162 Å². The molecule has 0 N–H and O–H groups in total. The molecule has 1 aromatic carbocycles. The third-order valence-electron chi connectivity index (χ3n) is 4.38. The van der Waals surface area contributed by atoms with Crippen molar-refractivity contribution >= 4 is 11.9 Å². The van der Waals surface area contributed by atoms with E-state index in [0.717, 1.165) is 69.9 Å². The van der Waals surface area contributed by atoms with E-state index in [-0.39, 0.29) is 17.7 Å². The fourth-order valence-electron chi connectivity index (χ4n) is 2.76. The second-order valence-electron chi connectivity index (χ2n) is 6.79. The zero-order valence-corrected chi connectivity index (χ0v) is 16.7. The third-order valence-corrected chi connectivity index (χ3v) is 4.38. The summed E-state index contributed by atoms with van der Waals surface area (Å²) in [4.78, 5) is 24.5. The summed E-state index contributed by atoms with van der Waals surface area (Å²) >= 11 is 0. The van der Waals surface area contributed by atoms with Crippen LogP contribution in [-0.4, -0.2) is 25.2 Å². The molecule has 0 radical (unpaired) electrons. The lowest BCUT2D eigenvalue weighted by Gasteiger charge is -2.10. The average Bonchev–Trinajstić information content (AvgIpc) is 2.66. The molecule has 0 atom stereocenters. The molecular formula is C22H33FO4. The number of rotatable bonds is 14. The van der Waals surface area contributed by atoms with Crippen LogP contribution in [0.1, 0.15) is 98.8 Å². The summed E-state index contributed by atoms with van der Waals surface area (Å²) in [5.41, 5.74) is -0.0134. The smallest absolute Gasteiger partial charge is 0.339 e. The van der Waals surface area contributed by atoms with Crippen molar-refractivity contribution in [1.29, 1.82) is 0 Å². The van der Waals surface area contributed by atoms with Gasteiger partial charge in [-0.2, -0.15) is 0 Å². The van der Waals surface area contributed by atoms with Crippen molar-refractivity contribution in [2.75, 3.05) is 13.2 Å². The van der Waals surface area contributed by atoms with Gasteiger partial charge in [-0.25, -0.2) is 14.0 Å². The van der Waals surface area contributed by atoms with Gasteiger partial charge >= 0.3 is 11.9 Å². The minimum atomic E-state index is -0.681. The van der Waals surface area contributed by atoms with Crippen LogP contribution in [0.3, 0.4) is 0 Å². The zero-order valence-electron chi connectivity index (χ0n) is 16.7. The Morgan fingerprint density at radius 1 is 0.741 bits per heavy atom. The molecule has 0 amide bonds.